The molecule has 1 aliphatic heterocycles. The van der Waals surface area contributed by atoms with E-state index in [1.54, 1.807) is 16.2 Å². The molecule has 4 aromatic rings. The molecule has 210 valence electrons. The van der Waals surface area contributed by atoms with E-state index in [4.69, 9.17) is 9.47 Å². The number of benzene rings is 2. The topological polar surface area (TPSA) is 89.5 Å². The van der Waals surface area contributed by atoms with Gasteiger partial charge in [0, 0.05) is 24.7 Å². The average molecular weight is 560 g/mol. The Hall–Kier alpha value is -3.72. The maximum Gasteiger partial charge on any atom is 0.410 e. The van der Waals surface area contributed by atoms with Gasteiger partial charge in [0.25, 0.3) is 0 Å². The van der Waals surface area contributed by atoms with Gasteiger partial charge in [-0.2, -0.15) is 0 Å². The number of carbonyl (C=O) groups excluding carboxylic acids is 1. The molecule has 1 saturated heterocycles. The number of likely N-dealkylation sites (tertiary alicyclic amines) is 1. The fourth-order valence-corrected chi connectivity index (χ4v) is 5.52. The quantitative estimate of drug-likeness (QED) is 0.255. The lowest BCUT2D eigenvalue weighted by atomic mass is 9.98. The number of hydrogen-bond donors (Lipinski definition) is 1. The predicted octanol–water partition coefficient (Wildman–Crippen LogP) is 7.26. The molecule has 1 atom stereocenters. The second-order valence-electron chi connectivity index (χ2n) is 11.4. The standard InChI is InChI=1S/C31H37N5O3S/c1-20(33-29-17-27(34-21(2)35-29)24-9-10-26-28(16-24)40-19-32-26)23-7-6-8-25(15-23)38-18-22-11-13-36(14-12-22)30(37)39-31(3,4)5/h6-10,15-17,19-20,22H,11-14,18H2,1-5H3,(H,33,34,35). The van der Waals surface area contributed by atoms with E-state index in [1.807, 2.05) is 57.5 Å². The van der Waals surface area contributed by atoms with Crippen molar-refractivity contribution in [2.24, 2.45) is 5.92 Å². The molecule has 0 bridgehead atoms. The molecule has 3 heterocycles. The van der Waals surface area contributed by atoms with Crippen LogP contribution < -0.4 is 10.1 Å². The molecule has 0 radical (unpaired) electrons. The third kappa shape index (κ3) is 7.07. The number of carbonyl (C=O) groups is 1. The number of thiazole rings is 1. The summed E-state index contributed by atoms with van der Waals surface area (Å²) in [5, 5.41) is 3.54. The van der Waals surface area contributed by atoms with Crippen LogP contribution in [0.5, 0.6) is 5.75 Å². The van der Waals surface area contributed by atoms with E-state index in [1.165, 1.54) is 0 Å². The molecule has 40 heavy (non-hydrogen) atoms. The maximum atomic E-state index is 12.3. The van der Waals surface area contributed by atoms with E-state index < -0.39 is 5.60 Å². The number of rotatable bonds is 7. The van der Waals surface area contributed by atoms with Crippen molar-refractivity contribution in [3.63, 3.8) is 0 Å². The summed E-state index contributed by atoms with van der Waals surface area (Å²) in [4.78, 5) is 27.8. The van der Waals surface area contributed by atoms with Gasteiger partial charge in [-0.3, -0.25) is 0 Å². The molecule has 1 aliphatic rings. The Morgan fingerprint density at radius 2 is 1.93 bits per heavy atom. The Labute approximate surface area is 239 Å². The van der Waals surface area contributed by atoms with Gasteiger partial charge in [-0.15, -0.1) is 11.3 Å². The van der Waals surface area contributed by atoms with Crippen molar-refractivity contribution in [2.75, 3.05) is 25.0 Å². The molecule has 1 amide bonds. The summed E-state index contributed by atoms with van der Waals surface area (Å²) in [5.74, 6) is 2.75. The van der Waals surface area contributed by atoms with Crippen LogP contribution >= 0.6 is 11.3 Å². The monoisotopic (exact) mass is 559 g/mol. The molecule has 2 aromatic carbocycles. The molecule has 0 aliphatic carbocycles. The highest BCUT2D eigenvalue weighted by molar-refractivity contribution is 7.16. The number of piperidine rings is 1. The molecule has 1 N–H and O–H groups in total. The van der Waals surface area contributed by atoms with Crippen LogP contribution in [0.15, 0.2) is 54.0 Å². The first-order chi connectivity index (χ1) is 19.1. The van der Waals surface area contributed by atoms with Gasteiger partial charge in [-0.05, 0) is 83.2 Å². The highest BCUT2D eigenvalue weighted by atomic mass is 32.1. The van der Waals surface area contributed by atoms with E-state index in [0.29, 0.717) is 31.4 Å². The Morgan fingerprint density at radius 1 is 1.12 bits per heavy atom. The number of hydrogen-bond acceptors (Lipinski definition) is 8. The van der Waals surface area contributed by atoms with Gasteiger partial charge in [0.1, 0.15) is 23.0 Å². The smallest absolute Gasteiger partial charge is 0.410 e. The lowest BCUT2D eigenvalue weighted by molar-refractivity contribution is 0.0165. The van der Waals surface area contributed by atoms with Gasteiger partial charge < -0.3 is 19.7 Å². The van der Waals surface area contributed by atoms with Gasteiger partial charge >= 0.3 is 6.09 Å². The zero-order chi connectivity index (χ0) is 28.3. The zero-order valence-electron chi connectivity index (χ0n) is 23.8. The lowest BCUT2D eigenvalue weighted by Crippen LogP contribution is -2.42. The van der Waals surface area contributed by atoms with Crippen LogP contribution in [0.25, 0.3) is 21.5 Å². The molecule has 9 heteroatoms. The van der Waals surface area contributed by atoms with Crippen LogP contribution in [0.3, 0.4) is 0 Å². The number of nitrogens with one attached hydrogen (secondary N) is 1. The van der Waals surface area contributed by atoms with Crippen LogP contribution in [0, 0.1) is 12.8 Å². The summed E-state index contributed by atoms with van der Waals surface area (Å²) in [6, 6.07) is 16.4. The summed E-state index contributed by atoms with van der Waals surface area (Å²) < 4.78 is 12.8. The summed E-state index contributed by atoms with van der Waals surface area (Å²) >= 11 is 1.63. The molecular weight excluding hydrogens is 522 g/mol. The maximum absolute atomic E-state index is 12.3. The molecule has 1 fully saturated rings. The van der Waals surface area contributed by atoms with E-state index in [2.05, 4.69) is 51.5 Å². The molecule has 2 aromatic heterocycles. The van der Waals surface area contributed by atoms with E-state index >= 15 is 0 Å². The molecule has 5 rings (SSSR count). The van der Waals surface area contributed by atoms with Crippen molar-refractivity contribution in [3.8, 4) is 17.0 Å². The molecular formula is C31H37N5O3S. The lowest BCUT2D eigenvalue weighted by Gasteiger charge is -2.33. The number of anilines is 1. The van der Waals surface area contributed by atoms with Crippen molar-refractivity contribution in [1.82, 2.24) is 19.9 Å². The van der Waals surface area contributed by atoms with Crippen LogP contribution in [-0.2, 0) is 4.74 Å². The van der Waals surface area contributed by atoms with Crippen LogP contribution in [0.4, 0.5) is 10.6 Å². The Balaban J connectivity index is 1.18. The third-order valence-corrected chi connectivity index (χ3v) is 7.73. The van der Waals surface area contributed by atoms with Crippen LogP contribution in [0.2, 0.25) is 0 Å². The number of aromatic nitrogens is 3. The second-order valence-corrected chi connectivity index (χ2v) is 12.3. The summed E-state index contributed by atoms with van der Waals surface area (Å²) in [6.07, 6.45) is 1.58. The van der Waals surface area contributed by atoms with Gasteiger partial charge in [-0.1, -0.05) is 18.2 Å². The van der Waals surface area contributed by atoms with Crippen LogP contribution in [-0.4, -0.2) is 51.2 Å². The fourth-order valence-electron chi connectivity index (χ4n) is 4.81. The van der Waals surface area contributed by atoms with Crippen molar-refractivity contribution in [2.45, 2.75) is 59.1 Å². The normalized spacial score (nSPS) is 15.2. The Bertz CT molecular complexity index is 1470. The van der Waals surface area contributed by atoms with Crippen molar-refractivity contribution >= 4 is 33.5 Å². The van der Waals surface area contributed by atoms with Gasteiger partial charge in [-0.25, -0.2) is 19.7 Å². The number of nitrogens with zero attached hydrogens (tertiary/aromatic N) is 4. The first-order valence-electron chi connectivity index (χ1n) is 13.8. The fraction of sp³-hybridized carbons (Fsp3) is 0.419. The molecule has 0 saturated carbocycles. The minimum absolute atomic E-state index is 0.0201. The Kier molecular flexibility index (Phi) is 8.21. The number of amides is 1. The van der Waals surface area contributed by atoms with Gasteiger partial charge in [0.05, 0.1) is 34.1 Å². The summed E-state index contributed by atoms with van der Waals surface area (Å²) in [6.45, 7) is 11.7. The SMILES string of the molecule is Cc1nc(NC(C)c2cccc(OCC3CCN(C(=O)OC(C)(C)C)CC3)c2)cc(-c2ccc3ncsc3c2)n1. The highest BCUT2D eigenvalue weighted by Gasteiger charge is 2.27. The largest absolute Gasteiger partial charge is 0.493 e. The van der Waals surface area contributed by atoms with E-state index in [0.717, 1.165) is 51.4 Å². The molecule has 1 unspecified atom stereocenters. The minimum atomic E-state index is -0.473. The number of aryl methyl sites for hydroxylation is 1. The van der Waals surface area contributed by atoms with Gasteiger partial charge in [0.2, 0.25) is 0 Å². The van der Waals surface area contributed by atoms with Gasteiger partial charge in [0.15, 0.2) is 0 Å². The second kappa shape index (κ2) is 11.8. The number of ether oxygens (including phenoxy) is 2. The van der Waals surface area contributed by atoms with Crippen molar-refractivity contribution in [3.05, 3.63) is 65.4 Å². The first kappa shape index (κ1) is 27.8. The first-order valence-corrected chi connectivity index (χ1v) is 14.7. The van der Waals surface area contributed by atoms with Crippen molar-refractivity contribution in [1.29, 1.82) is 0 Å². The molecule has 0 spiro atoms. The zero-order valence-corrected chi connectivity index (χ0v) is 24.6. The van der Waals surface area contributed by atoms with Crippen LogP contribution in [0.1, 0.15) is 58.0 Å². The van der Waals surface area contributed by atoms with E-state index in [-0.39, 0.29) is 12.1 Å². The van der Waals surface area contributed by atoms with E-state index in [9.17, 15) is 4.79 Å². The Morgan fingerprint density at radius 3 is 2.70 bits per heavy atom. The average Bonchev–Trinajstić information content (AvgIpc) is 3.39. The number of fused-ring (bicyclic) bond motifs is 1. The molecule has 8 nitrogen and oxygen atoms in total. The summed E-state index contributed by atoms with van der Waals surface area (Å²) in [7, 11) is 0. The third-order valence-electron chi connectivity index (χ3n) is 6.94. The predicted molar refractivity (Wildman–Crippen MR) is 160 cm³/mol. The highest BCUT2D eigenvalue weighted by Crippen LogP contribution is 2.29. The minimum Gasteiger partial charge on any atom is -0.493 e. The van der Waals surface area contributed by atoms with Crippen molar-refractivity contribution < 1.29 is 14.3 Å². The summed E-state index contributed by atoms with van der Waals surface area (Å²) in [5.41, 5.74) is 5.43.